The van der Waals surface area contributed by atoms with Gasteiger partial charge in [-0.05, 0) is 26.8 Å². The van der Waals surface area contributed by atoms with Crippen LogP contribution in [0.3, 0.4) is 0 Å². The molecule has 2 aromatic rings. The lowest BCUT2D eigenvalue weighted by Crippen LogP contribution is -2.23. The average Bonchev–Trinajstić information content (AvgIpc) is 2.70. The number of hydrogen-bond acceptors (Lipinski definition) is 4. The molecule has 0 bridgehead atoms. The maximum atomic E-state index is 11.9. The molecular weight excluding hydrogens is 286 g/mol. The van der Waals surface area contributed by atoms with Crippen molar-refractivity contribution in [1.29, 1.82) is 0 Å². The second-order valence-corrected chi connectivity index (χ2v) is 7.93. The molecule has 2 aromatic heterocycles. The summed E-state index contributed by atoms with van der Waals surface area (Å²) in [4.78, 5) is 4.27. The van der Waals surface area contributed by atoms with Crippen molar-refractivity contribution in [2.75, 3.05) is 5.75 Å². The molecule has 5 nitrogen and oxygen atoms in total. The summed E-state index contributed by atoms with van der Waals surface area (Å²) in [6, 6.07) is 1.54. The smallest absolute Gasteiger partial charge is 0.181 e. The number of sulfone groups is 1. The Morgan fingerprint density at radius 3 is 2.53 bits per heavy atom. The highest BCUT2D eigenvalue weighted by molar-refractivity contribution is 7.91. The highest BCUT2D eigenvalue weighted by Gasteiger charge is 2.22. The summed E-state index contributed by atoms with van der Waals surface area (Å²) < 4.78 is 25.6. The molecule has 0 radical (unpaired) electrons. The molecule has 0 saturated carbocycles. The van der Waals surface area contributed by atoms with Crippen LogP contribution in [0.1, 0.15) is 27.7 Å². The van der Waals surface area contributed by atoms with Gasteiger partial charge >= 0.3 is 0 Å². The molecule has 0 N–H and O–H groups in total. The molecule has 7 heteroatoms. The van der Waals surface area contributed by atoms with Gasteiger partial charge in [-0.1, -0.05) is 18.5 Å². The molecule has 0 unspecified atom stereocenters. The van der Waals surface area contributed by atoms with Crippen LogP contribution in [0, 0.1) is 0 Å². The maximum Gasteiger partial charge on any atom is 0.181 e. The van der Waals surface area contributed by atoms with E-state index >= 15 is 0 Å². The van der Waals surface area contributed by atoms with Gasteiger partial charge in [-0.2, -0.15) is 5.10 Å². The standard InChI is InChI=1S/C12H16ClN3O2S/c1-5-19(17,18)9-6-8-7-14-16(12(2,3)4)11(8)15-10(9)13/h6-7H,5H2,1-4H3. The summed E-state index contributed by atoms with van der Waals surface area (Å²) in [6.07, 6.45) is 1.61. The second kappa shape index (κ2) is 4.45. The molecule has 104 valence electrons. The van der Waals surface area contributed by atoms with Crippen LogP contribution in [0.5, 0.6) is 0 Å². The molecule has 2 rings (SSSR count). The van der Waals surface area contributed by atoms with Gasteiger partial charge in [0.05, 0.1) is 17.5 Å². The molecule has 0 fully saturated rings. The Morgan fingerprint density at radius 1 is 1.37 bits per heavy atom. The minimum Gasteiger partial charge on any atom is -0.242 e. The van der Waals surface area contributed by atoms with E-state index in [0.29, 0.717) is 11.0 Å². The van der Waals surface area contributed by atoms with E-state index in [4.69, 9.17) is 11.6 Å². The molecule has 0 atom stereocenters. The van der Waals surface area contributed by atoms with Crippen molar-refractivity contribution in [3.05, 3.63) is 17.4 Å². The fourth-order valence-electron chi connectivity index (χ4n) is 1.78. The van der Waals surface area contributed by atoms with Gasteiger partial charge < -0.3 is 0 Å². The summed E-state index contributed by atoms with van der Waals surface area (Å²) in [5.41, 5.74) is 0.344. The third-order valence-corrected chi connectivity index (χ3v) is 4.96. The normalized spacial score (nSPS) is 13.1. The Labute approximate surface area is 117 Å². The van der Waals surface area contributed by atoms with E-state index in [1.807, 2.05) is 20.8 Å². The minimum atomic E-state index is -3.38. The first-order valence-corrected chi connectivity index (χ1v) is 7.97. The van der Waals surface area contributed by atoms with Crippen LogP contribution in [0.25, 0.3) is 11.0 Å². The summed E-state index contributed by atoms with van der Waals surface area (Å²) in [5, 5.41) is 4.93. The summed E-state index contributed by atoms with van der Waals surface area (Å²) in [5.74, 6) is -0.00663. The summed E-state index contributed by atoms with van der Waals surface area (Å²) in [6.45, 7) is 7.55. The first kappa shape index (κ1) is 14.3. The molecule has 0 saturated heterocycles. The molecule has 0 amide bonds. The van der Waals surface area contributed by atoms with Crippen LogP contribution in [0.15, 0.2) is 17.2 Å². The minimum absolute atomic E-state index is 0.000324. The van der Waals surface area contributed by atoms with E-state index in [9.17, 15) is 8.42 Å². The highest BCUT2D eigenvalue weighted by atomic mass is 35.5. The lowest BCUT2D eigenvalue weighted by Gasteiger charge is -2.19. The molecule has 0 aliphatic rings. The Hall–Kier alpha value is -1.14. The van der Waals surface area contributed by atoms with Crippen molar-refractivity contribution in [2.24, 2.45) is 0 Å². The lowest BCUT2D eigenvalue weighted by molar-refractivity contribution is 0.366. The van der Waals surface area contributed by atoms with Crippen LogP contribution in [-0.4, -0.2) is 28.9 Å². The van der Waals surface area contributed by atoms with E-state index in [0.717, 1.165) is 0 Å². The predicted octanol–water partition coefficient (Wildman–Crippen LogP) is 2.63. The summed E-state index contributed by atoms with van der Waals surface area (Å²) >= 11 is 6.01. The molecular formula is C12H16ClN3O2S. The van der Waals surface area contributed by atoms with Crippen LogP contribution < -0.4 is 0 Å². The number of nitrogens with zero attached hydrogens (tertiary/aromatic N) is 3. The molecule has 0 spiro atoms. The van der Waals surface area contributed by atoms with Gasteiger partial charge in [-0.15, -0.1) is 0 Å². The Bertz CT molecular complexity index is 729. The molecule has 0 aliphatic heterocycles. The molecule has 19 heavy (non-hydrogen) atoms. The number of pyridine rings is 1. The monoisotopic (exact) mass is 301 g/mol. The van der Waals surface area contributed by atoms with Crippen LogP contribution in [-0.2, 0) is 15.4 Å². The fourth-order valence-corrected chi connectivity index (χ4v) is 3.19. The zero-order chi connectivity index (χ0) is 14.4. The van der Waals surface area contributed by atoms with Crippen molar-refractivity contribution in [2.45, 2.75) is 38.1 Å². The van der Waals surface area contributed by atoms with E-state index in [-0.39, 0.29) is 21.3 Å². The molecule has 0 aliphatic carbocycles. The average molecular weight is 302 g/mol. The maximum absolute atomic E-state index is 11.9. The quantitative estimate of drug-likeness (QED) is 0.800. The highest BCUT2D eigenvalue weighted by Crippen LogP contribution is 2.27. The Balaban J connectivity index is 2.75. The zero-order valence-electron chi connectivity index (χ0n) is 11.3. The van der Waals surface area contributed by atoms with E-state index in [2.05, 4.69) is 10.1 Å². The fraction of sp³-hybridized carbons (Fsp3) is 0.500. The largest absolute Gasteiger partial charge is 0.242 e. The zero-order valence-corrected chi connectivity index (χ0v) is 12.9. The Morgan fingerprint density at radius 2 is 2.00 bits per heavy atom. The summed E-state index contributed by atoms with van der Waals surface area (Å²) in [7, 11) is -3.38. The van der Waals surface area contributed by atoms with Gasteiger partial charge in [0.15, 0.2) is 15.5 Å². The first-order chi connectivity index (χ1) is 8.66. The van der Waals surface area contributed by atoms with E-state index in [1.165, 1.54) is 0 Å². The van der Waals surface area contributed by atoms with Gasteiger partial charge in [0, 0.05) is 5.39 Å². The number of fused-ring (bicyclic) bond motifs is 1. The van der Waals surface area contributed by atoms with Gasteiger partial charge in [-0.3, -0.25) is 0 Å². The third-order valence-electron chi connectivity index (χ3n) is 2.82. The SMILES string of the molecule is CCS(=O)(=O)c1cc2cnn(C(C)(C)C)c2nc1Cl. The lowest BCUT2D eigenvalue weighted by atomic mass is 10.1. The topological polar surface area (TPSA) is 64.8 Å². The Kier molecular flexibility index (Phi) is 3.35. The molecule has 0 aromatic carbocycles. The van der Waals surface area contributed by atoms with E-state index in [1.54, 1.807) is 23.9 Å². The third kappa shape index (κ3) is 2.47. The second-order valence-electron chi connectivity index (χ2n) is 5.32. The van der Waals surface area contributed by atoms with Crippen molar-refractivity contribution in [3.63, 3.8) is 0 Å². The van der Waals surface area contributed by atoms with Crippen molar-refractivity contribution < 1.29 is 8.42 Å². The van der Waals surface area contributed by atoms with Crippen LogP contribution in [0.2, 0.25) is 5.15 Å². The number of halogens is 1. The van der Waals surface area contributed by atoms with E-state index < -0.39 is 9.84 Å². The van der Waals surface area contributed by atoms with Crippen LogP contribution in [0.4, 0.5) is 0 Å². The van der Waals surface area contributed by atoms with Gasteiger partial charge in [-0.25, -0.2) is 18.1 Å². The van der Waals surface area contributed by atoms with Gasteiger partial charge in [0.2, 0.25) is 0 Å². The number of aromatic nitrogens is 3. The van der Waals surface area contributed by atoms with Crippen molar-refractivity contribution in [3.8, 4) is 0 Å². The van der Waals surface area contributed by atoms with Crippen molar-refractivity contribution in [1.82, 2.24) is 14.8 Å². The number of hydrogen-bond donors (Lipinski definition) is 0. The first-order valence-electron chi connectivity index (χ1n) is 5.94. The molecule has 2 heterocycles. The van der Waals surface area contributed by atoms with Gasteiger partial charge in [0.1, 0.15) is 10.0 Å². The number of rotatable bonds is 2. The predicted molar refractivity (Wildman–Crippen MR) is 75.3 cm³/mol. The van der Waals surface area contributed by atoms with Gasteiger partial charge in [0.25, 0.3) is 0 Å². The van der Waals surface area contributed by atoms with Crippen LogP contribution >= 0.6 is 11.6 Å². The van der Waals surface area contributed by atoms with Crippen molar-refractivity contribution >= 4 is 32.5 Å².